The lowest BCUT2D eigenvalue weighted by Gasteiger charge is -2.00. The van der Waals surface area contributed by atoms with E-state index in [1.165, 1.54) is 0 Å². The SMILES string of the molecule is CCOC(=N)CCN. The van der Waals surface area contributed by atoms with Gasteiger partial charge in [0.1, 0.15) is 0 Å². The van der Waals surface area contributed by atoms with Gasteiger partial charge in [0.15, 0.2) is 5.90 Å². The van der Waals surface area contributed by atoms with Crippen LogP contribution in [-0.2, 0) is 4.74 Å². The van der Waals surface area contributed by atoms with E-state index in [0.717, 1.165) is 0 Å². The van der Waals surface area contributed by atoms with Crippen LogP contribution < -0.4 is 5.73 Å². The van der Waals surface area contributed by atoms with Gasteiger partial charge in [-0.3, -0.25) is 5.41 Å². The quantitative estimate of drug-likeness (QED) is 0.413. The molecule has 0 aromatic carbocycles. The zero-order valence-electron chi connectivity index (χ0n) is 5.11. The standard InChI is InChI=1S/C5H12N2O/c1-2-8-5(7)3-4-6/h7H,2-4,6H2,1H3. The van der Waals surface area contributed by atoms with Crippen LogP contribution in [0, 0.1) is 5.41 Å². The molecule has 0 aromatic rings. The topological polar surface area (TPSA) is 59.1 Å². The number of rotatable bonds is 3. The summed E-state index contributed by atoms with van der Waals surface area (Å²) in [6.07, 6.45) is 0.549. The summed E-state index contributed by atoms with van der Waals surface area (Å²) in [6, 6.07) is 0. The van der Waals surface area contributed by atoms with Crippen LogP contribution in [0.4, 0.5) is 0 Å². The lowest BCUT2D eigenvalue weighted by Crippen LogP contribution is -2.09. The summed E-state index contributed by atoms with van der Waals surface area (Å²) in [5, 5.41) is 6.99. The Labute approximate surface area is 49.3 Å². The first-order valence-corrected chi connectivity index (χ1v) is 2.71. The highest BCUT2D eigenvalue weighted by Gasteiger charge is 1.90. The van der Waals surface area contributed by atoms with Gasteiger partial charge in [-0.05, 0) is 6.92 Å². The van der Waals surface area contributed by atoms with Gasteiger partial charge in [0, 0.05) is 13.0 Å². The van der Waals surface area contributed by atoms with Crippen LogP contribution in [0.25, 0.3) is 0 Å². The first-order chi connectivity index (χ1) is 3.81. The van der Waals surface area contributed by atoms with E-state index < -0.39 is 0 Å². The molecule has 0 aromatic heterocycles. The van der Waals surface area contributed by atoms with Gasteiger partial charge in [-0.2, -0.15) is 0 Å². The normalized spacial score (nSPS) is 8.75. The fraction of sp³-hybridized carbons (Fsp3) is 0.800. The molecule has 0 aliphatic heterocycles. The van der Waals surface area contributed by atoms with E-state index in [4.69, 9.17) is 15.9 Å². The molecular formula is C5H12N2O. The highest BCUT2D eigenvalue weighted by atomic mass is 16.5. The third-order valence-corrected chi connectivity index (χ3v) is 0.690. The first kappa shape index (κ1) is 7.43. The van der Waals surface area contributed by atoms with Crippen molar-refractivity contribution in [3.63, 3.8) is 0 Å². The molecule has 0 saturated heterocycles. The summed E-state index contributed by atoms with van der Waals surface area (Å²) in [6.45, 7) is 2.92. The van der Waals surface area contributed by atoms with Crippen molar-refractivity contribution in [2.75, 3.05) is 13.2 Å². The molecule has 0 fully saturated rings. The van der Waals surface area contributed by atoms with Crippen molar-refractivity contribution in [1.82, 2.24) is 0 Å². The summed E-state index contributed by atoms with van der Waals surface area (Å²) in [7, 11) is 0. The molecule has 3 nitrogen and oxygen atoms in total. The van der Waals surface area contributed by atoms with Crippen molar-refractivity contribution in [1.29, 1.82) is 5.41 Å². The monoisotopic (exact) mass is 116 g/mol. The highest BCUT2D eigenvalue weighted by Crippen LogP contribution is 1.81. The number of ether oxygens (including phenoxy) is 1. The molecule has 0 heterocycles. The molecule has 0 atom stereocenters. The van der Waals surface area contributed by atoms with Gasteiger partial charge in [0.2, 0.25) is 0 Å². The van der Waals surface area contributed by atoms with Gasteiger partial charge in [0.05, 0.1) is 6.61 Å². The van der Waals surface area contributed by atoms with Crippen LogP contribution in [0.2, 0.25) is 0 Å². The van der Waals surface area contributed by atoms with Crippen LogP contribution in [0.5, 0.6) is 0 Å². The summed E-state index contributed by atoms with van der Waals surface area (Å²) in [5.74, 6) is 0.287. The molecule has 0 rings (SSSR count). The number of hydrogen-bond acceptors (Lipinski definition) is 3. The van der Waals surface area contributed by atoms with Gasteiger partial charge in [-0.15, -0.1) is 0 Å². The van der Waals surface area contributed by atoms with E-state index in [9.17, 15) is 0 Å². The van der Waals surface area contributed by atoms with Gasteiger partial charge in [-0.1, -0.05) is 0 Å². The maximum absolute atomic E-state index is 6.99. The average molecular weight is 116 g/mol. The molecule has 0 aliphatic carbocycles. The van der Waals surface area contributed by atoms with Gasteiger partial charge >= 0.3 is 0 Å². The Morgan fingerprint density at radius 3 is 2.75 bits per heavy atom. The minimum atomic E-state index is 0.287. The number of nitrogens with two attached hydrogens (primary N) is 1. The van der Waals surface area contributed by atoms with Crippen molar-refractivity contribution in [2.24, 2.45) is 5.73 Å². The maximum Gasteiger partial charge on any atom is 0.181 e. The second kappa shape index (κ2) is 4.59. The molecule has 0 amide bonds. The molecule has 3 heteroatoms. The zero-order valence-corrected chi connectivity index (χ0v) is 5.11. The summed E-state index contributed by atoms with van der Waals surface area (Å²) < 4.78 is 4.79. The van der Waals surface area contributed by atoms with Crippen molar-refractivity contribution < 1.29 is 4.74 Å². The molecule has 0 radical (unpaired) electrons. The third kappa shape index (κ3) is 3.61. The molecule has 0 spiro atoms. The van der Waals surface area contributed by atoms with Crippen molar-refractivity contribution in [3.8, 4) is 0 Å². The fourth-order valence-corrected chi connectivity index (χ4v) is 0.377. The Kier molecular flexibility index (Phi) is 4.26. The van der Waals surface area contributed by atoms with Gasteiger partial charge in [-0.25, -0.2) is 0 Å². The maximum atomic E-state index is 6.99. The molecule has 0 unspecified atom stereocenters. The average Bonchev–Trinajstić information content (AvgIpc) is 1.68. The summed E-state index contributed by atoms with van der Waals surface area (Å²) in [5.41, 5.74) is 5.14. The molecule has 0 bridgehead atoms. The van der Waals surface area contributed by atoms with E-state index in [2.05, 4.69) is 0 Å². The molecule has 3 N–H and O–H groups in total. The third-order valence-electron chi connectivity index (χ3n) is 0.690. The van der Waals surface area contributed by atoms with Crippen molar-refractivity contribution in [3.05, 3.63) is 0 Å². The van der Waals surface area contributed by atoms with Crippen molar-refractivity contribution >= 4 is 5.90 Å². The second-order valence-electron chi connectivity index (χ2n) is 1.39. The first-order valence-electron chi connectivity index (χ1n) is 2.71. The van der Waals surface area contributed by atoms with Crippen molar-refractivity contribution in [2.45, 2.75) is 13.3 Å². The summed E-state index contributed by atoms with van der Waals surface area (Å²) >= 11 is 0. The molecule has 8 heavy (non-hydrogen) atoms. The van der Waals surface area contributed by atoms with E-state index in [-0.39, 0.29) is 5.90 Å². The minimum absolute atomic E-state index is 0.287. The predicted molar refractivity (Wildman–Crippen MR) is 33.0 cm³/mol. The smallest absolute Gasteiger partial charge is 0.181 e. The highest BCUT2D eigenvalue weighted by molar-refractivity contribution is 5.72. The van der Waals surface area contributed by atoms with Crippen LogP contribution >= 0.6 is 0 Å². The molecule has 48 valence electrons. The molecule has 0 saturated carbocycles. The van der Waals surface area contributed by atoms with Gasteiger partial charge in [0.25, 0.3) is 0 Å². The number of hydrogen-bond donors (Lipinski definition) is 2. The largest absolute Gasteiger partial charge is 0.481 e. The van der Waals surface area contributed by atoms with Crippen LogP contribution in [0.1, 0.15) is 13.3 Å². The zero-order chi connectivity index (χ0) is 6.41. The van der Waals surface area contributed by atoms with Crippen LogP contribution in [0.3, 0.4) is 0 Å². The Hall–Kier alpha value is -0.570. The predicted octanol–water partition coefficient (Wildman–Crippen LogP) is 0.349. The Bertz CT molecular complexity index is 64.8. The van der Waals surface area contributed by atoms with E-state index in [1.807, 2.05) is 6.92 Å². The fourth-order valence-electron chi connectivity index (χ4n) is 0.377. The lowest BCUT2D eigenvalue weighted by atomic mass is 10.4. The Balaban J connectivity index is 3.06. The Morgan fingerprint density at radius 2 is 2.38 bits per heavy atom. The number of nitrogens with one attached hydrogen (secondary N) is 1. The molecule has 0 aliphatic rings. The molecular weight excluding hydrogens is 104 g/mol. The van der Waals surface area contributed by atoms with E-state index >= 15 is 0 Å². The van der Waals surface area contributed by atoms with E-state index in [1.54, 1.807) is 0 Å². The second-order valence-corrected chi connectivity index (χ2v) is 1.39. The van der Waals surface area contributed by atoms with Gasteiger partial charge < -0.3 is 10.5 Å². The Morgan fingerprint density at radius 1 is 1.75 bits per heavy atom. The van der Waals surface area contributed by atoms with Crippen LogP contribution in [0.15, 0.2) is 0 Å². The summed E-state index contributed by atoms with van der Waals surface area (Å²) in [4.78, 5) is 0. The van der Waals surface area contributed by atoms with E-state index in [0.29, 0.717) is 19.6 Å². The minimum Gasteiger partial charge on any atom is -0.481 e. The lowest BCUT2D eigenvalue weighted by molar-refractivity contribution is 0.314. The van der Waals surface area contributed by atoms with Crippen LogP contribution in [-0.4, -0.2) is 19.0 Å².